The quantitative estimate of drug-likeness (QED) is 0.450. The highest BCUT2D eigenvalue weighted by atomic mass is 19.4. The third-order valence-corrected chi connectivity index (χ3v) is 7.43. The molecule has 12 heteroatoms. The van der Waals surface area contributed by atoms with Gasteiger partial charge in [-0.1, -0.05) is 12.1 Å². The lowest BCUT2D eigenvalue weighted by Crippen LogP contribution is -2.49. The molecule has 2 aromatic carbocycles. The fourth-order valence-corrected chi connectivity index (χ4v) is 5.43. The van der Waals surface area contributed by atoms with Crippen molar-refractivity contribution in [1.82, 2.24) is 19.4 Å². The van der Waals surface area contributed by atoms with Gasteiger partial charge in [0.2, 0.25) is 0 Å². The Morgan fingerprint density at radius 1 is 1.12 bits per heavy atom. The van der Waals surface area contributed by atoms with E-state index in [-0.39, 0.29) is 34.6 Å². The number of halogens is 3. The first-order chi connectivity index (χ1) is 19.4. The number of Topliss-reactive ketones (excluding diaryl/α,β-unsaturated/α-hetero) is 1. The number of aromatic nitrogens is 2. The molecule has 210 valence electrons. The van der Waals surface area contributed by atoms with Crippen molar-refractivity contribution in [3.05, 3.63) is 94.2 Å². The van der Waals surface area contributed by atoms with Gasteiger partial charge in [-0.05, 0) is 49.7 Å². The lowest BCUT2D eigenvalue weighted by Gasteiger charge is -2.42. The number of allylic oxidation sites excluding steroid dienone is 1. The van der Waals surface area contributed by atoms with Crippen molar-refractivity contribution in [2.75, 3.05) is 18.5 Å². The molecule has 1 unspecified atom stereocenters. The minimum absolute atomic E-state index is 0.0497. The number of hydrogen-bond donors (Lipinski definition) is 0. The van der Waals surface area contributed by atoms with E-state index in [1.807, 2.05) is 16.8 Å². The van der Waals surface area contributed by atoms with Gasteiger partial charge in [0.1, 0.15) is 5.82 Å². The van der Waals surface area contributed by atoms with Crippen LogP contribution in [0, 0.1) is 11.3 Å². The minimum Gasteiger partial charge on any atom is -0.332 e. The van der Waals surface area contributed by atoms with Crippen LogP contribution < -0.4 is 4.90 Å². The molecule has 9 nitrogen and oxygen atoms in total. The molecule has 3 amide bonds. The number of alkyl halides is 3. The fraction of sp³-hybridized carbons (Fsp3) is 0.276. The van der Waals surface area contributed by atoms with Crippen LogP contribution >= 0.6 is 0 Å². The molecular formula is C29H25F3N6O3. The van der Waals surface area contributed by atoms with Crippen molar-refractivity contribution in [1.29, 1.82) is 5.26 Å². The summed E-state index contributed by atoms with van der Waals surface area (Å²) >= 11 is 0. The minimum atomic E-state index is -4.63. The monoisotopic (exact) mass is 562 g/mol. The molecule has 2 aliphatic heterocycles. The van der Waals surface area contributed by atoms with Gasteiger partial charge in [-0.15, -0.1) is 0 Å². The van der Waals surface area contributed by atoms with Crippen molar-refractivity contribution in [2.24, 2.45) is 0 Å². The third-order valence-electron chi connectivity index (χ3n) is 7.43. The maximum absolute atomic E-state index is 13.9. The van der Waals surface area contributed by atoms with Crippen LogP contribution in [0.3, 0.4) is 0 Å². The molecule has 3 aromatic rings. The molecule has 5 rings (SSSR count). The standard InChI is InChI=1S/C29H25F3N6O3/c1-17-25(18(2)39)26(35(3)28(41)38(17)21-6-4-5-20(14-21)29(30,31)32)22-8-7-19(15-33)13-23(22)27(40)37-12-11-36-10-9-34-24(36)16-37/h4-10,13-14,26H,11-12,16H2,1-3H3. The molecule has 1 aromatic heterocycles. The van der Waals surface area contributed by atoms with E-state index in [4.69, 9.17) is 0 Å². The number of ketones is 1. The van der Waals surface area contributed by atoms with Crippen molar-refractivity contribution in [3.63, 3.8) is 0 Å². The van der Waals surface area contributed by atoms with Gasteiger partial charge in [0.25, 0.3) is 5.91 Å². The Labute approximate surface area is 233 Å². The molecule has 0 spiro atoms. The van der Waals surface area contributed by atoms with E-state index in [1.54, 1.807) is 17.2 Å². The van der Waals surface area contributed by atoms with Crippen LogP contribution in [0.25, 0.3) is 0 Å². The van der Waals surface area contributed by atoms with E-state index in [0.29, 0.717) is 24.5 Å². The summed E-state index contributed by atoms with van der Waals surface area (Å²) in [5.41, 5.74) is -0.0146. The summed E-state index contributed by atoms with van der Waals surface area (Å²) < 4.78 is 42.3. The smallest absolute Gasteiger partial charge is 0.332 e. The second kappa shape index (κ2) is 10.2. The van der Waals surface area contributed by atoms with Crippen LogP contribution in [0.15, 0.2) is 66.1 Å². The predicted octanol–water partition coefficient (Wildman–Crippen LogP) is 4.91. The average molecular weight is 563 g/mol. The van der Waals surface area contributed by atoms with Gasteiger partial charge in [-0.25, -0.2) is 9.78 Å². The van der Waals surface area contributed by atoms with Crippen molar-refractivity contribution in [2.45, 2.75) is 39.2 Å². The summed E-state index contributed by atoms with van der Waals surface area (Å²) in [7, 11) is 1.42. The zero-order valence-electron chi connectivity index (χ0n) is 22.4. The number of hydrogen-bond acceptors (Lipinski definition) is 5. The van der Waals surface area contributed by atoms with E-state index in [0.717, 1.165) is 17.0 Å². The molecule has 2 aliphatic rings. The van der Waals surface area contributed by atoms with Crippen molar-refractivity contribution in [3.8, 4) is 6.07 Å². The van der Waals surface area contributed by atoms with Gasteiger partial charge in [0.15, 0.2) is 5.78 Å². The SMILES string of the molecule is CC(=O)C1=C(C)N(c2cccc(C(F)(F)F)c2)C(=O)N(C)C1c1ccc(C#N)cc1C(=O)N1CCn2ccnc2C1. The number of imidazole rings is 1. The number of fused-ring (bicyclic) bond motifs is 1. The van der Waals surface area contributed by atoms with Gasteiger partial charge >= 0.3 is 12.2 Å². The van der Waals surface area contributed by atoms with E-state index in [9.17, 15) is 32.8 Å². The molecule has 0 fully saturated rings. The van der Waals surface area contributed by atoms with Crippen LogP contribution in [0.4, 0.5) is 23.7 Å². The lowest BCUT2D eigenvalue weighted by atomic mass is 9.87. The Hall–Kier alpha value is -4.92. The number of likely N-dealkylation sites (N-methyl/N-ethyl adjacent to an activating group) is 1. The number of nitrogens with zero attached hydrogens (tertiary/aromatic N) is 6. The normalized spacial score (nSPS) is 17.4. The van der Waals surface area contributed by atoms with Gasteiger partial charge < -0.3 is 14.4 Å². The number of anilines is 1. The Balaban J connectivity index is 1.63. The third kappa shape index (κ3) is 4.84. The first kappa shape index (κ1) is 27.6. The topological polar surface area (TPSA) is 103 Å². The predicted molar refractivity (Wildman–Crippen MR) is 141 cm³/mol. The van der Waals surface area contributed by atoms with E-state index >= 15 is 0 Å². The van der Waals surface area contributed by atoms with Crippen LogP contribution in [0.2, 0.25) is 0 Å². The number of carbonyl (C=O) groups is 3. The lowest BCUT2D eigenvalue weighted by molar-refractivity contribution is -0.137. The summed E-state index contributed by atoms with van der Waals surface area (Å²) in [5.74, 6) is -0.121. The van der Waals surface area contributed by atoms with E-state index in [2.05, 4.69) is 4.98 Å². The second-order valence-corrected chi connectivity index (χ2v) is 9.91. The number of urea groups is 1. The summed E-state index contributed by atoms with van der Waals surface area (Å²) in [6.07, 6.45) is -1.16. The average Bonchev–Trinajstić information content (AvgIpc) is 3.42. The zero-order valence-corrected chi connectivity index (χ0v) is 22.4. The Morgan fingerprint density at radius 2 is 1.88 bits per heavy atom. The molecule has 0 bridgehead atoms. The highest BCUT2D eigenvalue weighted by molar-refractivity contribution is 6.06. The second-order valence-electron chi connectivity index (χ2n) is 9.91. The Bertz CT molecular complexity index is 1650. The molecule has 0 aliphatic carbocycles. The summed E-state index contributed by atoms with van der Waals surface area (Å²) in [4.78, 5) is 48.9. The van der Waals surface area contributed by atoms with Crippen molar-refractivity contribution >= 4 is 23.4 Å². The first-order valence-corrected chi connectivity index (χ1v) is 12.7. The number of rotatable bonds is 4. The van der Waals surface area contributed by atoms with Gasteiger partial charge in [0.05, 0.1) is 35.5 Å². The number of benzene rings is 2. The molecule has 0 saturated carbocycles. The highest BCUT2D eigenvalue weighted by Gasteiger charge is 2.42. The number of nitriles is 1. The fourth-order valence-electron chi connectivity index (χ4n) is 5.43. The zero-order chi connectivity index (χ0) is 29.6. The maximum atomic E-state index is 13.9. The van der Waals surface area contributed by atoms with Gasteiger partial charge in [0, 0.05) is 49.4 Å². The Morgan fingerprint density at radius 3 is 2.56 bits per heavy atom. The molecule has 0 radical (unpaired) electrons. The maximum Gasteiger partial charge on any atom is 0.416 e. The van der Waals surface area contributed by atoms with Crippen molar-refractivity contribution < 1.29 is 27.6 Å². The molecule has 3 heterocycles. The van der Waals surface area contributed by atoms with E-state index < -0.39 is 35.5 Å². The number of carbonyl (C=O) groups excluding carboxylic acids is 3. The summed E-state index contributed by atoms with van der Waals surface area (Å²) in [5, 5.41) is 9.57. The number of amides is 3. The highest BCUT2D eigenvalue weighted by Crippen LogP contribution is 2.41. The van der Waals surface area contributed by atoms with Crippen LogP contribution in [0.1, 0.15) is 52.8 Å². The first-order valence-electron chi connectivity index (χ1n) is 12.7. The van der Waals surface area contributed by atoms with Crippen LogP contribution in [-0.2, 0) is 24.1 Å². The van der Waals surface area contributed by atoms with Crippen LogP contribution in [0.5, 0.6) is 0 Å². The molecular weight excluding hydrogens is 537 g/mol. The van der Waals surface area contributed by atoms with Gasteiger partial charge in [-0.2, -0.15) is 18.4 Å². The molecule has 1 atom stereocenters. The van der Waals surface area contributed by atoms with Crippen LogP contribution in [-0.4, -0.2) is 50.7 Å². The molecule has 0 N–H and O–H groups in total. The largest absolute Gasteiger partial charge is 0.416 e. The molecule has 41 heavy (non-hydrogen) atoms. The summed E-state index contributed by atoms with van der Waals surface area (Å²) in [6, 6.07) is 9.10. The summed E-state index contributed by atoms with van der Waals surface area (Å²) in [6.45, 7) is 3.94. The van der Waals surface area contributed by atoms with Gasteiger partial charge in [-0.3, -0.25) is 14.5 Å². The molecule has 0 saturated heterocycles. The Kier molecular flexibility index (Phi) is 6.90. The van der Waals surface area contributed by atoms with E-state index in [1.165, 1.54) is 50.1 Å².